The van der Waals surface area contributed by atoms with Gasteiger partial charge in [0, 0.05) is 25.2 Å². The van der Waals surface area contributed by atoms with Crippen molar-refractivity contribution in [3.63, 3.8) is 0 Å². The molecular weight excluding hydrogens is 324 g/mol. The van der Waals surface area contributed by atoms with Crippen LogP contribution >= 0.6 is 0 Å². The standard InChI is InChI=1S/C17H26N4O4/c1-3-9-25-16-12(5-4-6-14(16)24-2)11-21-8-7-19-17(23)13(21)10-15(22)20-18/h4-6,13H,3,7-11,18H2,1-2H3,(H,19,23)(H,20,22). The molecule has 8 nitrogen and oxygen atoms in total. The van der Waals surface area contributed by atoms with Gasteiger partial charge in [-0.25, -0.2) is 5.84 Å². The molecule has 1 aliphatic heterocycles. The Balaban J connectivity index is 2.23. The number of amides is 2. The van der Waals surface area contributed by atoms with E-state index in [9.17, 15) is 9.59 Å². The minimum atomic E-state index is -0.567. The number of hydrogen-bond donors (Lipinski definition) is 3. The normalized spacial score (nSPS) is 17.7. The molecule has 0 saturated carbocycles. The summed E-state index contributed by atoms with van der Waals surface area (Å²) >= 11 is 0. The molecule has 1 atom stereocenters. The van der Waals surface area contributed by atoms with Crippen LogP contribution < -0.4 is 26.1 Å². The maximum absolute atomic E-state index is 12.2. The van der Waals surface area contributed by atoms with Crippen molar-refractivity contribution in [3.05, 3.63) is 23.8 Å². The highest BCUT2D eigenvalue weighted by molar-refractivity contribution is 5.88. The molecule has 138 valence electrons. The zero-order chi connectivity index (χ0) is 18.2. The Labute approximate surface area is 147 Å². The van der Waals surface area contributed by atoms with Gasteiger partial charge in [-0.2, -0.15) is 0 Å². The minimum absolute atomic E-state index is 0.0114. The van der Waals surface area contributed by atoms with Crippen molar-refractivity contribution >= 4 is 11.8 Å². The maximum atomic E-state index is 12.2. The summed E-state index contributed by atoms with van der Waals surface area (Å²) < 4.78 is 11.3. The van der Waals surface area contributed by atoms with Crippen LogP contribution in [0.25, 0.3) is 0 Å². The van der Waals surface area contributed by atoms with Gasteiger partial charge in [-0.15, -0.1) is 0 Å². The first-order valence-electron chi connectivity index (χ1n) is 8.40. The maximum Gasteiger partial charge on any atom is 0.237 e. The van der Waals surface area contributed by atoms with E-state index in [-0.39, 0.29) is 18.2 Å². The number of nitrogens with one attached hydrogen (secondary N) is 2. The molecule has 0 aliphatic carbocycles. The molecule has 0 spiro atoms. The Morgan fingerprint density at radius 1 is 1.48 bits per heavy atom. The molecule has 0 bridgehead atoms. The fraction of sp³-hybridized carbons (Fsp3) is 0.529. The molecule has 25 heavy (non-hydrogen) atoms. The number of piperazine rings is 1. The van der Waals surface area contributed by atoms with Crippen molar-refractivity contribution in [2.75, 3.05) is 26.8 Å². The number of ether oxygens (including phenoxy) is 2. The smallest absolute Gasteiger partial charge is 0.237 e. The molecule has 1 aromatic rings. The van der Waals surface area contributed by atoms with Crippen molar-refractivity contribution in [1.82, 2.24) is 15.6 Å². The van der Waals surface area contributed by atoms with Crippen LogP contribution in [0.1, 0.15) is 25.3 Å². The average molecular weight is 350 g/mol. The predicted octanol–water partition coefficient (Wildman–Crippen LogP) is 0.164. The molecular formula is C17H26N4O4. The minimum Gasteiger partial charge on any atom is -0.493 e. The first kappa shape index (κ1) is 19.0. The molecule has 1 fully saturated rings. The number of carbonyl (C=O) groups is 2. The fourth-order valence-corrected chi connectivity index (χ4v) is 2.84. The molecule has 0 radical (unpaired) electrons. The van der Waals surface area contributed by atoms with Crippen LogP contribution in [-0.2, 0) is 16.1 Å². The van der Waals surface area contributed by atoms with E-state index in [4.69, 9.17) is 15.3 Å². The number of hydrazine groups is 1. The number of rotatable bonds is 8. The quantitative estimate of drug-likeness (QED) is 0.350. The van der Waals surface area contributed by atoms with Gasteiger partial charge in [-0.1, -0.05) is 19.1 Å². The summed E-state index contributed by atoms with van der Waals surface area (Å²) in [7, 11) is 1.60. The summed E-state index contributed by atoms with van der Waals surface area (Å²) in [5.74, 6) is 5.95. The average Bonchev–Trinajstić information content (AvgIpc) is 2.63. The first-order valence-corrected chi connectivity index (χ1v) is 8.40. The number of para-hydroxylation sites is 1. The van der Waals surface area contributed by atoms with Crippen LogP contribution in [0.3, 0.4) is 0 Å². The molecule has 1 heterocycles. The van der Waals surface area contributed by atoms with Crippen LogP contribution in [-0.4, -0.2) is 49.6 Å². The van der Waals surface area contributed by atoms with Crippen LogP contribution in [0.2, 0.25) is 0 Å². The lowest BCUT2D eigenvalue weighted by Crippen LogP contribution is -2.56. The molecule has 1 unspecified atom stereocenters. The summed E-state index contributed by atoms with van der Waals surface area (Å²) in [6.07, 6.45) is 0.889. The van der Waals surface area contributed by atoms with Gasteiger partial charge in [-0.05, 0) is 12.5 Å². The van der Waals surface area contributed by atoms with Crippen molar-refractivity contribution in [1.29, 1.82) is 0 Å². The van der Waals surface area contributed by atoms with Gasteiger partial charge in [0.25, 0.3) is 0 Å². The number of benzene rings is 1. The first-order chi connectivity index (χ1) is 12.1. The summed E-state index contributed by atoms with van der Waals surface area (Å²) in [4.78, 5) is 25.8. The van der Waals surface area contributed by atoms with Gasteiger partial charge in [0.2, 0.25) is 11.8 Å². The van der Waals surface area contributed by atoms with Crippen LogP contribution in [0.4, 0.5) is 0 Å². The van der Waals surface area contributed by atoms with Gasteiger partial charge < -0.3 is 14.8 Å². The van der Waals surface area contributed by atoms with Crippen molar-refractivity contribution in [2.24, 2.45) is 5.84 Å². The summed E-state index contributed by atoms with van der Waals surface area (Å²) in [5.41, 5.74) is 3.00. The second-order valence-electron chi connectivity index (χ2n) is 5.85. The SMILES string of the molecule is CCCOc1c(CN2CCNC(=O)C2CC(=O)NN)cccc1OC. The van der Waals surface area contributed by atoms with Crippen molar-refractivity contribution in [2.45, 2.75) is 32.4 Å². The van der Waals surface area contributed by atoms with Crippen molar-refractivity contribution in [3.8, 4) is 11.5 Å². The predicted molar refractivity (Wildman–Crippen MR) is 92.9 cm³/mol. The molecule has 2 amide bonds. The lowest BCUT2D eigenvalue weighted by atomic mass is 10.1. The Bertz CT molecular complexity index is 608. The molecule has 2 rings (SSSR count). The molecule has 8 heteroatoms. The Morgan fingerprint density at radius 3 is 2.96 bits per heavy atom. The highest BCUT2D eigenvalue weighted by Gasteiger charge is 2.32. The Morgan fingerprint density at radius 2 is 2.28 bits per heavy atom. The van der Waals surface area contributed by atoms with E-state index in [0.29, 0.717) is 37.7 Å². The van der Waals surface area contributed by atoms with E-state index in [2.05, 4.69) is 10.7 Å². The van der Waals surface area contributed by atoms with Gasteiger partial charge in [0.1, 0.15) is 0 Å². The third kappa shape index (κ3) is 4.83. The number of nitrogens with zero attached hydrogens (tertiary/aromatic N) is 1. The van der Waals surface area contributed by atoms with E-state index in [1.165, 1.54) is 0 Å². The lowest BCUT2D eigenvalue weighted by molar-refractivity contribution is -0.134. The topological polar surface area (TPSA) is 106 Å². The molecule has 1 aliphatic rings. The number of methoxy groups -OCH3 is 1. The van der Waals surface area contributed by atoms with E-state index >= 15 is 0 Å². The number of nitrogens with two attached hydrogens (primary N) is 1. The third-order valence-electron chi connectivity index (χ3n) is 4.09. The van der Waals surface area contributed by atoms with Gasteiger partial charge in [-0.3, -0.25) is 19.9 Å². The van der Waals surface area contributed by atoms with Crippen molar-refractivity contribution < 1.29 is 19.1 Å². The number of hydrogen-bond acceptors (Lipinski definition) is 6. The fourth-order valence-electron chi connectivity index (χ4n) is 2.84. The van der Waals surface area contributed by atoms with Crippen LogP contribution in [0.15, 0.2) is 18.2 Å². The zero-order valence-corrected chi connectivity index (χ0v) is 14.7. The molecule has 0 aromatic heterocycles. The Kier molecular flexibility index (Phi) is 7.03. The van der Waals surface area contributed by atoms with Gasteiger partial charge in [0.05, 0.1) is 26.2 Å². The summed E-state index contributed by atoms with van der Waals surface area (Å²) in [6.45, 7) is 4.26. The summed E-state index contributed by atoms with van der Waals surface area (Å²) in [6, 6.07) is 5.11. The van der Waals surface area contributed by atoms with E-state index < -0.39 is 6.04 Å². The highest BCUT2D eigenvalue weighted by atomic mass is 16.5. The highest BCUT2D eigenvalue weighted by Crippen LogP contribution is 2.32. The molecule has 1 saturated heterocycles. The second-order valence-corrected chi connectivity index (χ2v) is 5.85. The molecule has 4 N–H and O–H groups in total. The monoisotopic (exact) mass is 350 g/mol. The van der Waals surface area contributed by atoms with Gasteiger partial charge in [0.15, 0.2) is 11.5 Å². The van der Waals surface area contributed by atoms with E-state index in [1.807, 2.05) is 30.0 Å². The lowest BCUT2D eigenvalue weighted by Gasteiger charge is -2.35. The molecule has 1 aromatic carbocycles. The third-order valence-corrected chi connectivity index (χ3v) is 4.09. The largest absolute Gasteiger partial charge is 0.493 e. The Hall–Kier alpha value is -2.32. The van der Waals surface area contributed by atoms with E-state index in [1.54, 1.807) is 7.11 Å². The van der Waals surface area contributed by atoms with E-state index in [0.717, 1.165) is 12.0 Å². The van der Waals surface area contributed by atoms with Crippen LogP contribution in [0.5, 0.6) is 11.5 Å². The summed E-state index contributed by atoms with van der Waals surface area (Å²) in [5, 5.41) is 2.79. The zero-order valence-electron chi connectivity index (χ0n) is 14.7. The van der Waals surface area contributed by atoms with Gasteiger partial charge >= 0.3 is 0 Å². The van der Waals surface area contributed by atoms with Crippen LogP contribution in [0, 0.1) is 0 Å². The second kappa shape index (κ2) is 9.24. The number of carbonyl (C=O) groups excluding carboxylic acids is 2.